The molecular formula is C7H5Cl2N3O2. The van der Waals surface area contributed by atoms with Crippen LogP contribution in [-0.4, -0.2) is 10.8 Å². The van der Waals surface area contributed by atoms with Gasteiger partial charge in [-0.25, -0.2) is 0 Å². The Labute approximate surface area is 89.1 Å². The van der Waals surface area contributed by atoms with Crippen LogP contribution in [0, 0.1) is 15.5 Å². The Morgan fingerprint density at radius 2 is 1.86 bits per heavy atom. The first-order valence-corrected chi connectivity index (χ1v) is 4.17. The molecule has 0 amide bonds. The summed E-state index contributed by atoms with van der Waals surface area (Å²) in [5, 5.41) is 17.5. The van der Waals surface area contributed by atoms with Crippen LogP contribution in [0.25, 0.3) is 0 Å². The number of hydrogen-bond donors (Lipinski definition) is 2. The molecule has 74 valence electrons. The molecule has 0 aliphatic heterocycles. The van der Waals surface area contributed by atoms with Crippen LogP contribution in [0.4, 0.5) is 5.69 Å². The van der Waals surface area contributed by atoms with Crippen LogP contribution in [-0.2, 0) is 0 Å². The topological polar surface area (TPSA) is 93.0 Å². The maximum absolute atomic E-state index is 10.4. The smallest absolute Gasteiger partial charge is 0.272 e. The summed E-state index contributed by atoms with van der Waals surface area (Å²) < 4.78 is 0. The third-order valence-corrected chi connectivity index (χ3v) is 2.10. The number of benzene rings is 1. The normalized spacial score (nSPS) is 9.86. The number of nitrogens with two attached hydrogens (primary N) is 1. The number of non-ortho nitro benzene ring substituents is 1. The van der Waals surface area contributed by atoms with Crippen molar-refractivity contribution in [2.45, 2.75) is 0 Å². The zero-order chi connectivity index (χ0) is 10.9. The summed E-state index contributed by atoms with van der Waals surface area (Å²) >= 11 is 11.3. The van der Waals surface area contributed by atoms with Gasteiger partial charge >= 0.3 is 0 Å². The van der Waals surface area contributed by atoms with Crippen LogP contribution in [0.15, 0.2) is 12.1 Å². The number of nitrogen functional groups attached to an aromatic ring is 1. The third-order valence-electron chi connectivity index (χ3n) is 1.51. The van der Waals surface area contributed by atoms with Crippen molar-refractivity contribution in [1.29, 1.82) is 5.41 Å². The number of rotatable bonds is 2. The molecule has 0 atom stereocenters. The van der Waals surface area contributed by atoms with E-state index in [9.17, 15) is 10.1 Å². The first kappa shape index (κ1) is 10.7. The Balaban J connectivity index is 3.39. The van der Waals surface area contributed by atoms with E-state index in [1.54, 1.807) is 0 Å². The number of amidine groups is 1. The van der Waals surface area contributed by atoms with E-state index < -0.39 is 4.92 Å². The lowest BCUT2D eigenvalue weighted by molar-refractivity contribution is -0.384. The molecular weight excluding hydrogens is 229 g/mol. The molecule has 0 bridgehead atoms. The number of nitro groups is 1. The molecule has 0 aliphatic carbocycles. The van der Waals surface area contributed by atoms with E-state index in [0.29, 0.717) is 0 Å². The second kappa shape index (κ2) is 3.81. The van der Waals surface area contributed by atoms with E-state index in [1.807, 2.05) is 0 Å². The summed E-state index contributed by atoms with van der Waals surface area (Å²) in [6, 6.07) is 2.20. The molecule has 7 heteroatoms. The summed E-state index contributed by atoms with van der Waals surface area (Å²) in [7, 11) is 0. The van der Waals surface area contributed by atoms with Crippen LogP contribution in [0.3, 0.4) is 0 Å². The highest BCUT2D eigenvalue weighted by atomic mass is 35.5. The van der Waals surface area contributed by atoms with Crippen LogP contribution in [0.5, 0.6) is 0 Å². The molecule has 1 rings (SSSR count). The minimum absolute atomic E-state index is 0.00306. The zero-order valence-corrected chi connectivity index (χ0v) is 8.26. The average molecular weight is 234 g/mol. The summed E-state index contributed by atoms with van der Waals surface area (Å²) in [4.78, 5) is 9.77. The summed E-state index contributed by atoms with van der Waals surface area (Å²) in [6.07, 6.45) is 0. The first-order chi connectivity index (χ1) is 6.43. The predicted molar refractivity (Wildman–Crippen MR) is 54.1 cm³/mol. The highest BCUT2D eigenvalue weighted by Crippen LogP contribution is 2.29. The van der Waals surface area contributed by atoms with Crippen molar-refractivity contribution in [3.05, 3.63) is 37.9 Å². The second-order valence-corrected chi connectivity index (χ2v) is 3.27. The van der Waals surface area contributed by atoms with Crippen molar-refractivity contribution < 1.29 is 4.92 Å². The molecule has 0 heterocycles. The molecule has 0 saturated carbocycles. The van der Waals surface area contributed by atoms with Gasteiger partial charge in [0.1, 0.15) is 5.84 Å². The number of nitrogens with one attached hydrogen (secondary N) is 1. The Morgan fingerprint density at radius 3 is 2.14 bits per heavy atom. The van der Waals surface area contributed by atoms with Crippen molar-refractivity contribution in [2.24, 2.45) is 5.73 Å². The van der Waals surface area contributed by atoms with Gasteiger partial charge in [0.15, 0.2) is 0 Å². The monoisotopic (exact) mass is 233 g/mol. The quantitative estimate of drug-likeness (QED) is 0.355. The highest BCUT2D eigenvalue weighted by Gasteiger charge is 2.15. The van der Waals surface area contributed by atoms with Crippen molar-refractivity contribution in [3.63, 3.8) is 0 Å². The lowest BCUT2D eigenvalue weighted by Gasteiger charge is -2.03. The van der Waals surface area contributed by atoms with E-state index in [4.69, 9.17) is 34.3 Å². The molecule has 1 aromatic carbocycles. The van der Waals surface area contributed by atoms with Gasteiger partial charge in [0.2, 0.25) is 0 Å². The van der Waals surface area contributed by atoms with E-state index in [-0.39, 0.29) is 27.1 Å². The molecule has 0 aromatic heterocycles. The van der Waals surface area contributed by atoms with Gasteiger partial charge in [-0.1, -0.05) is 23.2 Å². The first-order valence-electron chi connectivity index (χ1n) is 3.41. The van der Waals surface area contributed by atoms with E-state index in [1.165, 1.54) is 0 Å². The van der Waals surface area contributed by atoms with E-state index in [2.05, 4.69) is 0 Å². The van der Waals surface area contributed by atoms with Crippen LogP contribution in [0.2, 0.25) is 10.0 Å². The maximum Gasteiger partial charge on any atom is 0.272 e. The van der Waals surface area contributed by atoms with Gasteiger partial charge in [-0.2, -0.15) is 0 Å². The van der Waals surface area contributed by atoms with Gasteiger partial charge in [-0.15, -0.1) is 0 Å². The molecule has 3 N–H and O–H groups in total. The molecule has 14 heavy (non-hydrogen) atoms. The van der Waals surface area contributed by atoms with E-state index in [0.717, 1.165) is 12.1 Å². The minimum atomic E-state index is -0.623. The molecule has 5 nitrogen and oxygen atoms in total. The SMILES string of the molecule is N=C(N)c1c(Cl)cc([N+](=O)[O-])cc1Cl. The van der Waals surface area contributed by atoms with Gasteiger partial charge in [0.25, 0.3) is 5.69 Å². The molecule has 0 unspecified atom stereocenters. The van der Waals surface area contributed by atoms with Crippen LogP contribution >= 0.6 is 23.2 Å². The largest absolute Gasteiger partial charge is 0.384 e. The number of halogens is 2. The fourth-order valence-electron chi connectivity index (χ4n) is 0.922. The molecule has 0 aliphatic rings. The molecule has 0 radical (unpaired) electrons. The fraction of sp³-hybridized carbons (Fsp3) is 0. The maximum atomic E-state index is 10.4. The van der Waals surface area contributed by atoms with Gasteiger partial charge in [0.05, 0.1) is 20.5 Å². The Bertz CT molecular complexity index is 396. The van der Waals surface area contributed by atoms with Crippen molar-refractivity contribution in [3.8, 4) is 0 Å². The van der Waals surface area contributed by atoms with Crippen LogP contribution in [0.1, 0.15) is 5.56 Å². The van der Waals surface area contributed by atoms with Crippen molar-refractivity contribution in [2.75, 3.05) is 0 Å². The van der Waals surface area contributed by atoms with Crippen LogP contribution < -0.4 is 5.73 Å². The van der Waals surface area contributed by atoms with Gasteiger partial charge in [0, 0.05) is 12.1 Å². The fourth-order valence-corrected chi connectivity index (χ4v) is 1.60. The average Bonchev–Trinajstić information content (AvgIpc) is 2.01. The van der Waals surface area contributed by atoms with Gasteiger partial charge in [-0.3, -0.25) is 15.5 Å². The summed E-state index contributed by atoms with van der Waals surface area (Å²) in [5.74, 6) is -0.324. The molecule has 1 aromatic rings. The summed E-state index contributed by atoms with van der Waals surface area (Å²) in [6.45, 7) is 0. The molecule has 0 fully saturated rings. The summed E-state index contributed by atoms with van der Waals surface area (Å²) in [5.41, 5.74) is 5.06. The van der Waals surface area contributed by atoms with E-state index >= 15 is 0 Å². The molecule has 0 saturated heterocycles. The van der Waals surface area contributed by atoms with Gasteiger partial charge < -0.3 is 5.73 Å². The number of nitrogens with zero attached hydrogens (tertiary/aromatic N) is 1. The Hall–Kier alpha value is -1.33. The second-order valence-electron chi connectivity index (χ2n) is 2.46. The lowest BCUT2D eigenvalue weighted by atomic mass is 10.2. The minimum Gasteiger partial charge on any atom is -0.384 e. The third kappa shape index (κ3) is 1.94. The van der Waals surface area contributed by atoms with Gasteiger partial charge in [-0.05, 0) is 0 Å². The number of hydrogen-bond acceptors (Lipinski definition) is 3. The van der Waals surface area contributed by atoms with Crippen molar-refractivity contribution in [1.82, 2.24) is 0 Å². The van der Waals surface area contributed by atoms with Crippen molar-refractivity contribution >= 4 is 34.7 Å². The highest BCUT2D eigenvalue weighted by molar-refractivity contribution is 6.40. The number of nitro benzene ring substituents is 1. The Kier molecular flexibility index (Phi) is 2.93. The zero-order valence-electron chi connectivity index (χ0n) is 6.75. The molecule has 0 spiro atoms. The Morgan fingerprint density at radius 1 is 1.43 bits per heavy atom. The lowest BCUT2D eigenvalue weighted by Crippen LogP contribution is -2.12. The standard InChI is InChI=1S/C7H5Cl2N3O2/c8-4-1-3(12(13)14)2-5(9)6(4)7(10)11/h1-2H,(H3,10,11). The predicted octanol–water partition coefficient (Wildman–Crippen LogP) is 2.19.